The van der Waals surface area contributed by atoms with Crippen molar-refractivity contribution in [1.29, 1.82) is 0 Å². The number of nitrogens with zero attached hydrogens (tertiary/aromatic N) is 2. The average molecular weight is 415 g/mol. The van der Waals surface area contributed by atoms with Gasteiger partial charge >= 0.3 is 0 Å². The van der Waals surface area contributed by atoms with Gasteiger partial charge in [-0.1, -0.05) is 38.1 Å². The van der Waals surface area contributed by atoms with Crippen LogP contribution in [0.2, 0.25) is 0 Å². The smallest absolute Gasteiger partial charge is 0.256 e. The number of carbonyl (C=O) groups is 2. The quantitative estimate of drug-likeness (QED) is 0.607. The van der Waals surface area contributed by atoms with Crippen LogP contribution in [0.5, 0.6) is 0 Å². The first-order valence-corrected chi connectivity index (χ1v) is 10.5. The molecule has 31 heavy (non-hydrogen) atoms. The molecular formula is C25H26N4O2. The highest BCUT2D eigenvalue weighted by molar-refractivity contribution is 5.99. The number of amides is 2. The summed E-state index contributed by atoms with van der Waals surface area (Å²) in [7, 11) is 0. The van der Waals surface area contributed by atoms with Crippen LogP contribution < -0.4 is 10.6 Å². The molecule has 0 bridgehead atoms. The summed E-state index contributed by atoms with van der Waals surface area (Å²) in [5.41, 5.74) is 3.95. The van der Waals surface area contributed by atoms with Crippen LogP contribution in [0.25, 0.3) is 0 Å². The topological polar surface area (TPSA) is 74.3 Å². The summed E-state index contributed by atoms with van der Waals surface area (Å²) in [5, 5.41) is 6.35. The van der Waals surface area contributed by atoms with Crippen LogP contribution in [0.4, 0.5) is 5.69 Å². The number of pyridine rings is 1. The van der Waals surface area contributed by atoms with Crippen molar-refractivity contribution in [2.75, 3.05) is 11.9 Å². The van der Waals surface area contributed by atoms with Crippen LogP contribution in [-0.2, 0) is 6.54 Å². The Kier molecular flexibility index (Phi) is 5.98. The third kappa shape index (κ3) is 4.58. The number of benzene rings is 2. The van der Waals surface area contributed by atoms with Crippen molar-refractivity contribution in [3.63, 3.8) is 0 Å². The van der Waals surface area contributed by atoms with Gasteiger partial charge in [-0.05, 0) is 48.4 Å². The van der Waals surface area contributed by atoms with Crippen molar-refractivity contribution >= 4 is 17.5 Å². The number of carbonyl (C=O) groups excluding carboxylic acids is 2. The predicted octanol–water partition coefficient (Wildman–Crippen LogP) is 4.23. The zero-order valence-electron chi connectivity index (χ0n) is 17.7. The van der Waals surface area contributed by atoms with E-state index in [0.29, 0.717) is 24.6 Å². The Labute approximate surface area is 182 Å². The van der Waals surface area contributed by atoms with E-state index in [2.05, 4.69) is 29.5 Å². The summed E-state index contributed by atoms with van der Waals surface area (Å²) in [4.78, 5) is 31.4. The van der Waals surface area contributed by atoms with Gasteiger partial charge in [-0.15, -0.1) is 0 Å². The van der Waals surface area contributed by atoms with Gasteiger partial charge in [0.05, 0.1) is 12.2 Å². The van der Waals surface area contributed by atoms with E-state index in [-0.39, 0.29) is 18.0 Å². The molecule has 0 spiro atoms. The lowest BCUT2D eigenvalue weighted by atomic mass is 10.1. The Morgan fingerprint density at radius 1 is 1.03 bits per heavy atom. The number of aromatic nitrogens is 1. The molecule has 2 N–H and O–H groups in total. The normalized spacial score (nSPS) is 15.1. The second-order valence-corrected chi connectivity index (χ2v) is 8.07. The van der Waals surface area contributed by atoms with Crippen molar-refractivity contribution < 1.29 is 9.59 Å². The van der Waals surface area contributed by atoms with E-state index in [1.165, 1.54) is 0 Å². The molecular weight excluding hydrogens is 388 g/mol. The highest BCUT2D eigenvalue weighted by atomic mass is 16.2. The maximum atomic E-state index is 12.9. The first-order valence-electron chi connectivity index (χ1n) is 10.5. The van der Waals surface area contributed by atoms with Crippen LogP contribution in [0, 0.1) is 5.92 Å². The van der Waals surface area contributed by atoms with E-state index >= 15 is 0 Å². The number of nitrogens with one attached hydrogen (secondary N) is 2. The lowest BCUT2D eigenvalue weighted by Gasteiger charge is -2.28. The molecule has 1 atom stereocenters. The molecule has 6 heteroatoms. The van der Waals surface area contributed by atoms with Gasteiger partial charge in [-0.3, -0.25) is 14.6 Å². The summed E-state index contributed by atoms with van der Waals surface area (Å²) in [6.07, 6.45) is 1.48. The number of hydrogen-bond donors (Lipinski definition) is 2. The van der Waals surface area contributed by atoms with E-state index < -0.39 is 0 Å². The average Bonchev–Trinajstić information content (AvgIpc) is 3.04. The fourth-order valence-corrected chi connectivity index (χ4v) is 3.76. The van der Waals surface area contributed by atoms with Gasteiger partial charge in [0.25, 0.3) is 11.8 Å². The van der Waals surface area contributed by atoms with E-state index in [1.54, 1.807) is 18.3 Å². The molecule has 2 aromatic carbocycles. The van der Waals surface area contributed by atoms with Gasteiger partial charge in [0.15, 0.2) is 0 Å². The van der Waals surface area contributed by atoms with Gasteiger partial charge in [0, 0.05) is 35.1 Å². The molecule has 1 aliphatic rings. The molecule has 0 saturated heterocycles. The standard InChI is InChI=1S/C25H26N4O2/c1-17(2)16-29-23(21-8-3-4-9-22(21)25(29)31)28-19-12-10-18(11-13-19)24(30)27-15-20-7-5-6-14-26-20/h3-14,17,23,28H,15-16H2,1-2H3,(H,27,30). The lowest BCUT2D eigenvalue weighted by Crippen LogP contribution is -2.35. The molecule has 0 aliphatic carbocycles. The number of fused-ring (bicyclic) bond motifs is 1. The second-order valence-electron chi connectivity index (χ2n) is 8.07. The first kappa shape index (κ1) is 20.6. The SMILES string of the molecule is CC(C)CN1C(=O)c2ccccc2C1Nc1ccc(C(=O)NCc2ccccn2)cc1. The molecule has 0 radical (unpaired) electrons. The molecule has 2 heterocycles. The molecule has 4 rings (SSSR count). The highest BCUT2D eigenvalue weighted by Crippen LogP contribution is 2.34. The zero-order valence-corrected chi connectivity index (χ0v) is 17.7. The van der Waals surface area contributed by atoms with Crippen molar-refractivity contribution in [2.24, 2.45) is 5.92 Å². The molecule has 1 unspecified atom stereocenters. The van der Waals surface area contributed by atoms with Gasteiger partial charge < -0.3 is 15.5 Å². The summed E-state index contributed by atoms with van der Waals surface area (Å²) >= 11 is 0. The second kappa shape index (κ2) is 9.00. The Morgan fingerprint density at radius 3 is 2.48 bits per heavy atom. The molecule has 6 nitrogen and oxygen atoms in total. The molecule has 0 saturated carbocycles. The third-order valence-electron chi connectivity index (χ3n) is 5.23. The van der Waals surface area contributed by atoms with Crippen LogP contribution in [-0.4, -0.2) is 28.2 Å². The minimum absolute atomic E-state index is 0.0484. The van der Waals surface area contributed by atoms with Crippen molar-refractivity contribution in [3.8, 4) is 0 Å². The van der Waals surface area contributed by atoms with Crippen molar-refractivity contribution in [3.05, 3.63) is 95.3 Å². The Balaban J connectivity index is 1.46. The van der Waals surface area contributed by atoms with Crippen molar-refractivity contribution in [1.82, 2.24) is 15.2 Å². The monoisotopic (exact) mass is 414 g/mol. The van der Waals surface area contributed by atoms with Crippen LogP contribution in [0.3, 0.4) is 0 Å². The fraction of sp³-hybridized carbons (Fsp3) is 0.240. The van der Waals surface area contributed by atoms with Gasteiger partial charge in [0.2, 0.25) is 0 Å². The molecule has 158 valence electrons. The van der Waals surface area contributed by atoms with Gasteiger partial charge in [-0.2, -0.15) is 0 Å². The largest absolute Gasteiger partial charge is 0.361 e. The van der Waals surface area contributed by atoms with Crippen molar-refractivity contribution in [2.45, 2.75) is 26.6 Å². The van der Waals surface area contributed by atoms with Gasteiger partial charge in [0.1, 0.15) is 6.17 Å². The maximum absolute atomic E-state index is 12.9. The van der Waals surface area contributed by atoms with Crippen LogP contribution >= 0.6 is 0 Å². The summed E-state index contributed by atoms with van der Waals surface area (Å²) in [5.74, 6) is 0.250. The zero-order chi connectivity index (χ0) is 21.8. The summed E-state index contributed by atoms with van der Waals surface area (Å²) < 4.78 is 0. The maximum Gasteiger partial charge on any atom is 0.256 e. The minimum atomic E-state index is -0.227. The third-order valence-corrected chi connectivity index (χ3v) is 5.23. The number of rotatable bonds is 7. The number of hydrogen-bond acceptors (Lipinski definition) is 4. The molecule has 3 aromatic rings. The Morgan fingerprint density at radius 2 is 1.77 bits per heavy atom. The summed E-state index contributed by atoms with van der Waals surface area (Å²) in [6, 6.07) is 20.6. The Hall–Kier alpha value is -3.67. The molecule has 1 aliphatic heterocycles. The number of anilines is 1. The molecule has 1 aromatic heterocycles. The first-order chi connectivity index (χ1) is 15.0. The minimum Gasteiger partial charge on any atom is -0.361 e. The van der Waals surface area contributed by atoms with Crippen LogP contribution in [0.1, 0.15) is 52.0 Å². The molecule has 0 fully saturated rings. The van der Waals surface area contributed by atoms with Crippen LogP contribution in [0.15, 0.2) is 72.9 Å². The summed E-state index contributed by atoms with van der Waals surface area (Å²) in [6.45, 7) is 5.25. The van der Waals surface area contributed by atoms with E-state index in [4.69, 9.17) is 0 Å². The predicted molar refractivity (Wildman–Crippen MR) is 121 cm³/mol. The van der Waals surface area contributed by atoms with E-state index in [9.17, 15) is 9.59 Å². The molecule has 2 amide bonds. The van der Waals surface area contributed by atoms with E-state index in [0.717, 1.165) is 22.5 Å². The Bertz CT molecular complexity index is 1060. The van der Waals surface area contributed by atoms with Gasteiger partial charge in [-0.25, -0.2) is 0 Å². The highest BCUT2D eigenvalue weighted by Gasteiger charge is 2.36. The fourth-order valence-electron chi connectivity index (χ4n) is 3.76. The lowest BCUT2D eigenvalue weighted by molar-refractivity contribution is 0.0720. The van der Waals surface area contributed by atoms with E-state index in [1.807, 2.05) is 59.5 Å².